The second-order valence-electron chi connectivity index (χ2n) is 30.3. The molecule has 0 saturated carbocycles. The van der Waals surface area contributed by atoms with E-state index in [1.165, 1.54) is 71.1 Å². The van der Waals surface area contributed by atoms with Crippen LogP contribution in [0, 0.1) is 17.5 Å². The van der Waals surface area contributed by atoms with Crippen LogP contribution in [0.15, 0.2) is 158 Å². The Labute approximate surface area is 659 Å². The van der Waals surface area contributed by atoms with Crippen LogP contribution in [-0.2, 0) is 66.4 Å². The van der Waals surface area contributed by atoms with Crippen molar-refractivity contribution < 1.29 is 90.5 Å². The minimum Gasteiger partial charge on any atom is -0.505 e. The van der Waals surface area contributed by atoms with Gasteiger partial charge in [-0.1, -0.05) is 60.7 Å². The number of carboxylic acids is 2. The Morgan fingerprint density at radius 2 is 0.765 bits per heavy atom. The first kappa shape index (κ1) is 81.0. The summed E-state index contributed by atoms with van der Waals surface area (Å²) in [6, 6.07) is 38.2. The first-order valence-electron chi connectivity index (χ1n) is 36.5. The number of halogens is 3. The number of rotatable bonds is 21. The largest absolute Gasteiger partial charge is 0.505 e. The molecular weight excluding hydrogens is 1480 g/mol. The highest BCUT2D eigenvalue weighted by atomic mass is 19.1. The molecule has 8 aromatic carbocycles. The number of methoxy groups -OCH3 is 2. The minimum absolute atomic E-state index is 0.0120. The lowest BCUT2D eigenvalue weighted by atomic mass is 9.93. The minimum atomic E-state index is -1.57. The first-order valence-corrected chi connectivity index (χ1v) is 36.5. The van der Waals surface area contributed by atoms with E-state index in [4.69, 9.17) is 28.7 Å². The number of esters is 1. The number of fused-ring (bicyclic) bond motifs is 6. The van der Waals surface area contributed by atoms with Gasteiger partial charge in [-0.15, -0.1) is 0 Å². The van der Waals surface area contributed by atoms with E-state index in [0.717, 1.165) is 38.9 Å². The number of carboxylic acid groups (broad SMARTS) is 2. The fourth-order valence-corrected chi connectivity index (χ4v) is 13.7. The molecule has 24 nitrogen and oxygen atoms in total. The number of aromatic carboxylic acids is 1. The smallest absolute Gasteiger partial charge is 0.336 e. The molecule has 27 heteroatoms. The lowest BCUT2D eigenvalue weighted by Gasteiger charge is -2.29. The number of phenolic OH excluding ortho intramolecular Hbond substituents is 1. The zero-order chi connectivity index (χ0) is 82.9. The maximum absolute atomic E-state index is 14.2. The summed E-state index contributed by atoms with van der Waals surface area (Å²) in [5.41, 5.74) is 5.47. The van der Waals surface area contributed by atoms with Crippen molar-refractivity contribution in [2.75, 3.05) is 35.4 Å². The van der Waals surface area contributed by atoms with Crippen molar-refractivity contribution in [3.63, 3.8) is 0 Å². The maximum atomic E-state index is 14.2. The maximum Gasteiger partial charge on any atom is 0.336 e. The predicted octanol–water partition coefficient (Wildman–Crippen LogP) is 13.7. The Morgan fingerprint density at radius 1 is 0.443 bits per heavy atom. The van der Waals surface area contributed by atoms with Crippen LogP contribution in [0.25, 0.3) is 32.7 Å². The number of pyridine rings is 3. The number of benzene rings is 8. The van der Waals surface area contributed by atoms with Crippen LogP contribution in [0.4, 0.5) is 13.2 Å². The van der Waals surface area contributed by atoms with Crippen LogP contribution < -0.4 is 29.6 Å². The molecule has 3 aliphatic rings. The number of hydrogen-bond acceptors (Lipinski definition) is 17. The highest BCUT2D eigenvalue weighted by molar-refractivity contribution is 6.19. The van der Waals surface area contributed by atoms with Crippen molar-refractivity contribution in [3.05, 3.63) is 270 Å². The predicted molar refractivity (Wildman–Crippen MR) is 420 cm³/mol. The number of carbonyl (C=O) groups excluding carboxylic acids is 6. The fourth-order valence-electron chi connectivity index (χ4n) is 13.7. The Morgan fingerprint density at radius 3 is 1.12 bits per heavy atom. The summed E-state index contributed by atoms with van der Waals surface area (Å²) in [6.45, 7) is 11.8. The quantitative estimate of drug-likeness (QED) is 0.0417. The second-order valence-corrected chi connectivity index (χ2v) is 30.3. The van der Waals surface area contributed by atoms with E-state index in [9.17, 15) is 66.8 Å². The second kappa shape index (κ2) is 32.7. The van der Waals surface area contributed by atoms with Crippen molar-refractivity contribution in [1.29, 1.82) is 0 Å². The van der Waals surface area contributed by atoms with Gasteiger partial charge in [0.1, 0.15) is 75.4 Å². The topological polar surface area (TPSA) is 316 Å². The summed E-state index contributed by atoms with van der Waals surface area (Å²) >= 11 is 0. The lowest BCUT2D eigenvalue weighted by molar-refractivity contribution is -0.161. The molecule has 11 aromatic rings. The summed E-state index contributed by atoms with van der Waals surface area (Å²) < 4.78 is 68.7. The molecule has 0 bridgehead atoms. The fraction of sp³-hybridized carbons (Fsp3) is 0.261. The summed E-state index contributed by atoms with van der Waals surface area (Å²) in [5, 5.41) is 36.9. The van der Waals surface area contributed by atoms with Crippen molar-refractivity contribution >= 4 is 80.2 Å². The molecule has 3 aliphatic heterocycles. The van der Waals surface area contributed by atoms with Crippen LogP contribution in [0.5, 0.6) is 28.7 Å². The number of aromatic nitrogens is 3. The van der Waals surface area contributed by atoms with Gasteiger partial charge in [0.05, 0.1) is 47.6 Å². The first-order chi connectivity index (χ1) is 54.5. The molecule has 0 unspecified atom stereocenters. The standard InChI is InChI=1S/C36H38FN3O6.C28H23FN2O5.C24H22FN3O5/c1-35(2,3)46-34(43)36(4,5)39-32(41)28-26-17-23(16-21-8-12-24(37)13-9-21)18-38-30(26)31(29-27(28)19-40(6)33(29)42)45-20-22-10-14-25(44-7)15-11-22;1-31-14-22-23(28(33)34)21-12-18(11-16-3-7-19(29)8-4-16)13-30-25(21)26(24(22)27(31)32)36-15-17-5-9-20(35-2)10-6-17;1-24(2,23(32)33)27-21(30)17-15-9-13(8-12-4-6-14(25)7-5-12)10-26-19(15)20(29)18-16(17)11-28(3)22(18)31/h8-15,17-18H,16,19-20H2,1-7H3,(H,39,41);3-10,12-13H,11,14-15H2,1-2H3,(H,33,34);4-7,9-10,29H,8,11H2,1-3H3,(H,27,30)(H,32,33). The molecule has 0 radical (unpaired) electrons. The Kier molecular flexibility index (Phi) is 23.0. The van der Waals surface area contributed by atoms with E-state index in [-0.39, 0.29) is 118 Å². The van der Waals surface area contributed by atoms with Gasteiger partial charge in [0.25, 0.3) is 29.5 Å². The van der Waals surface area contributed by atoms with Gasteiger partial charge >= 0.3 is 17.9 Å². The van der Waals surface area contributed by atoms with Gasteiger partial charge in [0.2, 0.25) is 0 Å². The van der Waals surface area contributed by atoms with E-state index in [2.05, 4.69) is 20.6 Å². The molecule has 0 aliphatic carbocycles. The molecule has 14 rings (SSSR count). The van der Waals surface area contributed by atoms with E-state index in [0.29, 0.717) is 80.2 Å². The number of ether oxygens (including phenoxy) is 5. The van der Waals surface area contributed by atoms with Gasteiger partial charge < -0.3 is 64.3 Å². The average Bonchev–Trinajstić information content (AvgIpc) is 1.56. The molecular formula is C88H83F3N8O16. The van der Waals surface area contributed by atoms with Gasteiger partial charge in [0, 0.05) is 92.2 Å². The third-order valence-electron chi connectivity index (χ3n) is 19.7. The van der Waals surface area contributed by atoms with E-state index in [1.54, 1.807) is 131 Å². The molecule has 0 atom stereocenters. The Hall–Kier alpha value is -13.5. The van der Waals surface area contributed by atoms with Crippen LogP contribution in [-0.4, -0.2) is 144 Å². The number of nitrogens with one attached hydrogen (secondary N) is 2. The number of phenols is 1. The number of hydrogen-bond donors (Lipinski definition) is 5. The van der Waals surface area contributed by atoms with Crippen molar-refractivity contribution in [2.24, 2.45) is 0 Å². The summed E-state index contributed by atoms with van der Waals surface area (Å²) in [4.78, 5) is 122. The average molecular weight is 1570 g/mol. The van der Waals surface area contributed by atoms with Gasteiger partial charge in [-0.25, -0.2) is 27.6 Å². The third kappa shape index (κ3) is 17.4. The van der Waals surface area contributed by atoms with Crippen LogP contribution >= 0.6 is 0 Å². The molecule has 0 saturated heterocycles. The number of aliphatic carboxylic acids is 1. The number of carbonyl (C=O) groups is 8. The molecule has 5 N–H and O–H groups in total. The Bertz CT molecular complexity index is 5720. The van der Waals surface area contributed by atoms with Crippen LogP contribution in [0.2, 0.25) is 0 Å². The number of nitrogens with zero attached hydrogens (tertiary/aromatic N) is 6. The zero-order valence-corrected chi connectivity index (χ0v) is 65.1. The van der Waals surface area contributed by atoms with Crippen molar-refractivity contribution in [1.82, 2.24) is 40.3 Å². The molecule has 3 aromatic heterocycles. The number of aromatic hydroxyl groups is 1. The molecule has 6 heterocycles. The van der Waals surface area contributed by atoms with Crippen LogP contribution in [0.3, 0.4) is 0 Å². The molecule has 592 valence electrons. The molecule has 115 heavy (non-hydrogen) atoms. The number of amides is 5. The third-order valence-corrected chi connectivity index (χ3v) is 19.7. The van der Waals surface area contributed by atoms with E-state index >= 15 is 0 Å². The zero-order valence-electron chi connectivity index (χ0n) is 65.1. The van der Waals surface area contributed by atoms with Crippen LogP contribution in [0.1, 0.15) is 172 Å². The van der Waals surface area contributed by atoms with E-state index < -0.39 is 52.3 Å². The van der Waals surface area contributed by atoms with Gasteiger partial charge in [-0.2, -0.15) is 0 Å². The Balaban J connectivity index is 0.000000162. The summed E-state index contributed by atoms with van der Waals surface area (Å²) in [7, 11) is 8.00. The molecule has 0 spiro atoms. The summed E-state index contributed by atoms with van der Waals surface area (Å²) in [5.74, 6) is -4.66. The van der Waals surface area contributed by atoms with E-state index in [1.807, 2.05) is 54.6 Å². The highest BCUT2D eigenvalue weighted by Gasteiger charge is 2.42. The monoisotopic (exact) mass is 1560 g/mol. The summed E-state index contributed by atoms with van der Waals surface area (Å²) in [6.07, 6.45) is 6.07. The van der Waals surface area contributed by atoms with Gasteiger partial charge in [-0.05, 0) is 191 Å². The molecule has 5 amide bonds. The van der Waals surface area contributed by atoms with Crippen molar-refractivity contribution in [3.8, 4) is 28.7 Å². The SMILES string of the molecule is CN1Cc2c(c(O)c3ncc(Cc4ccc(F)cc4)cc3c2C(=O)NC(C)(C)C(=O)O)C1=O.COc1ccc(COc2c3c(c(C(=O)NC(C)(C)C(=O)OC(C)(C)C)c4cc(Cc5ccc(F)cc5)cnc24)CN(C)C3=O)cc1.COc1ccc(COc2c3c(c(C(=O)O)c4cc(Cc5ccc(F)cc5)cnc24)CN(C)C3=O)cc1. The highest BCUT2D eigenvalue weighted by Crippen LogP contribution is 2.45. The van der Waals surface area contributed by atoms with Gasteiger partial charge in [-0.3, -0.25) is 38.9 Å². The normalized spacial score (nSPS) is 13.0. The van der Waals surface area contributed by atoms with Crippen molar-refractivity contribution in [2.45, 2.75) is 117 Å². The lowest BCUT2D eigenvalue weighted by Crippen LogP contribution is -2.52. The molecule has 0 fully saturated rings. The van der Waals surface area contributed by atoms with Gasteiger partial charge in [0.15, 0.2) is 17.2 Å².